The molecule has 1 unspecified atom stereocenters. The summed E-state index contributed by atoms with van der Waals surface area (Å²) in [6.07, 6.45) is -1.01. The summed E-state index contributed by atoms with van der Waals surface area (Å²) in [6, 6.07) is 4.65. The molecule has 14 heavy (non-hydrogen) atoms. The number of rotatable bonds is 3. The third-order valence-corrected chi connectivity index (χ3v) is 2.11. The van der Waals surface area contributed by atoms with Crippen LogP contribution in [0.2, 0.25) is 5.02 Å². The fourth-order valence-corrected chi connectivity index (χ4v) is 1.32. The Bertz CT molecular complexity index is 347. The number of aliphatic hydroxyl groups is 1. The highest BCUT2D eigenvalue weighted by molar-refractivity contribution is 6.32. The first-order valence-electron chi connectivity index (χ1n) is 4.12. The van der Waals surface area contributed by atoms with E-state index in [1.165, 1.54) is 20.1 Å². The summed E-state index contributed by atoms with van der Waals surface area (Å²) in [7, 11) is 1.50. The largest absolute Gasteiger partial charge is 0.495 e. The molecule has 1 N–H and O–H groups in total. The monoisotopic (exact) mass is 214 g/mol. The van der Waals surface area contributed by atoms with Crippen molar-refractivity contribution in [2.75, 3.05) is 7.11 Å². The summed E-state index contributed by atoms with van der Waals surface area (Å²) in [5.74, 6) is 0.156. The zero-order chi connectivity index (χ0) is 10.7. The maximum absolute atomic E-state index is 11.3. The molecule has 0 fully saturated rings. The molecule has 0 saturated heterocycles. The molecular formula is C10H11ClO3. The second-order valence-corrected chi connectivity index (χ2v) is 3.30. The average molecular weight is 215 g/mol. The van der Waals surface area contributed by atoms with Crippen molar-refractivity contribution in [1.29, 1.82) is 0 Å². The van der Waals surface area contributed by atoms with Gasteiger partial charge in [-0.1, -0.05) is 11.6 Å². The molecule has 1 aromatic carbocycles. The molecule has 0 amide bonds. The molecule has 1 aromatic rings. The summed E-state index contributed by atoms with van der Waals surface area (Å²) in [5.41, 5.74) is 0.380. The summed E-state index contributed by atoms with van der Waals surface area (Å²) in [4.78, 5) is 11.3. The first kappa shape index (κ1) is 11.0. The lowest BCUT2D eigenvalue weighted by Gasteiger charge is -2.06. The quantitative estimate of drug-likeness (QED) is 0.782. The van der Waals surface area contributed by atoms with E-state index in [0.29, 0.717) is 16.3 Å². The number of ether oxygens (including phenoxy) is 1. The van der Waals surface area contributed by atoms with E-state index in [0.717, 1.165) is 0 Å². The SMILES string of the molecule is COc1ccc(C(=O)C(C)O)cc1Cl. The molecule has 0 aliphatic carbocycles. The molecule has 76 valence electrons. The van der Waals surface area contributed by atoms with Crippen LogP contribution in [0.5, 0.6) is 5.75 Å². The van der Waals surface area contributed by atoms with Gasteiger partial charge in [-0.25, -0.2) is 0 Å². The molecule has 1 atom stereocenters. The van der Waals surface area contributed by atoms with Gasteiger partial charge < -0.3 is 9.84 Å². The van der Waals surface area contributed by atoms with Crippen molar-refractivity contribution in [1.82, 2.24) is 0 Å². The van der Waals surface area contributed by atoms with E-state index in [-0.39, 0.29) is 5.78 Å². The van der Waals surface area contributed by atoms with Crippen molar-refractivity contribution in [3.63, 3.8) is 0 Å². The number of benzene rings is 1. The highest BCUT2D eigenvalue weighted by Gasteiger charge is 2.13. The molecule has 4 heteroatoms. The zero-order valence-corrected chi connectivity index (χ0v) is 8.71. The van der Waals surface area contributed by atoms with Gasteiger partial charge in [0.1, 0.15) is 11.9 Å². The number of hydrogen-bond donors (Lipinski definition) is 1. The summed E-state index contributed by atoms with van der Waals surface area (Å²) in [6.45, 7) is 1.42. The normalized spacial score (nSPS) is 12.3. The fourth-order valence-electron chi connectivity index (χ4n) is 1.06. The van der Waals surface area contributed by atoms with E-state index in [2.05, 4.69) is 0 Å². The predicted molar refractivity (Wildman–Crippen MR) is 54.0 cm³/mol. The molecule has 0 aliphatic rings. The maximum atomic E-state index is 11.3. The van der Waals surface area contributed by atoms with Gasteiger partial charge in [0.05, 0.1) is 12.1 Å². The third kappa shape index (κ3) is 2.25. The Hall–Kier alpha value is -1.06. The molecule has 0 bridgehead atoms. The highest BCUT2D eigenvalue weighted by Crippen LogP contribution is 2.25. The van der Waals surface area contributed by atoms with Gasteiger partial charge in [-0.15, -0.1) is 0 Å². The second kappa shape index (κ2) is 4.44. The number of methoxy groups -OCH3 is 1. The summed E-state index contributed by atoms with van der Waals surface area (Å²) >= 11 is 5.82. The lowest BCUT2D eigenvalue weighted by atomic mass is 10.1. The van der Waals surface area contributed by atoms with Crippen LogP contribution in [0.25, 0.3) is 0 Å². The van der Waals surface area contributed by atoms with E-state index in [1.807, 2.05) is 0 Å². The Morgan fingerprint density at radius 2 is 2.21 bits per heavy atom. The Morgan fingerprint density at radius 3 is 2.64 bits per heavy atom. The van der Waals surface area contributed by atoms with Crippen LogP contribution in [0.15, 0.2) is 18.2 Å². The van der Waals surface area contributed by atoms with E-state index in [4.69, 9.17) is 21.4 Å². The van der Waals surface area contributed by atoms with Gasteiger partial charge in [0.15, 0.2) is 5.78 Å². The topological polar surface area (TPSA) is 46.5 Å². The van der Waals surface area contributed by atoms with Crippen molar-refractivity contribution in [2.24, 2.45) is 0 Å². The smallest absolute Gasteiger partial charge is 0.191 e. The van der Waals surface area contributed by atoms with Crippen molar-refractivity contribution in [3.05, 3.63) is 28.8 Å². The molecule has 0 aromatic heterocycles. The number of Topliss-reactive ketones (excluding diaryl/α,β-unsaturated/α-hetero) is 1. The van der Waals surface area contributed by atoms with Crippen LogP contribution in [0.1, 0.15) is 17.3 Å². The second-order valence-electron chi connectivity index (χ2n) is 2.89. The summed E-state index contributed by atoms with van der Waals surface area (Å²) in [5, 5.41) is 9.43. The molecule has 0 aliphatic heterocycles. The molecule has 0 heterocycles. The minimum Gasteiger partial charge on any atom is -0.495 e. The van der Waals surface area contributed by atoms with Crippen molar-refractivity contribution in [3.8, 4) is 5.75 Å². The Labute approximate surface area is 87.3 Å². The standard InChI is InChI=1S/C10H11ClO3/c1-6(12)10(13)7-3-4-9(14-2)8(11)5-7/h3-6,12H,1-2H3. The van der Waals surface area contributed by atoms with Crippen LogP contribution < -0.4 is 4.74 Å². The van der Waals surface area contributed by atoms with Crippen LogP contribution in [0.3, 0.4) is 0 Å². The summed E-state index contributed by atoms with van der Waals surface area (Å²) < 4.78 is 4.93. The van der Waals surface area contributed by atoms with Crippen LogP contribution in [-0.4, -0.2) is 24.1 Å². The van der Waals surface area contributed by atoms with Crippen molar-refractivity contribution < 1.29 is 14.6 Å². The number of halogens is 1. The van der Waals surface area contributed by atoms with E-state index in [1.54, 1.807) is 12.1 Å². The van der Waals surface area contributed by atoms with Crippen LogP contribution in [0, 0.1) is 0 Å². The minimum absolute atomic E-state index is 0.352. The van der Waals surface area contributed by atoms with Crippen LogP contribution in [0.4, 0.5) is 0 Å². The average Bonchev–Trinajstić information content (AvgIpc) is 2.16. The van der Waals surface area contributed by atoms with Gasteiger partial charge in [0.2, 0.25) is 0 Å². The van der Waals surface area contributed by atoms with Gasteiger partial charge in [-0.2, -0.15) is 0 Å². The van der Waals surface area contributed by atoms with E-state index >= 15 is 0 Å². The lowest BCUT2D eigenvalue weighted by Crippen LogP contribution is -2.15. The van der Waals surface area contributed by atoms with Crippen molar-refractivity contribution >= 4 is 17.4 Å². The number of hydrogen-bond acceptors (Lipinski definition) is 3. The predicted octanol–water partition coefficient (Wildman–Crippen LogP) is 1.91. The first-order chi connectivity index (χ1) is 6.56. The van der Waals surface area contributed by atoms with Gasteiger partial charge in [-0.05, 0) is 25.1 Å². The maximum Gasteiger partial charge on any atom is 0.191 e. The van der Waals surface area contributed by atoms with Gasteiger partial charge >= 0.3 is 0 Å². The first-order valence-corrected chi connectivity index (χ1v) is 4.50. The Morgan fingerprint density at radius 1 is 1.57 bits per heavy atom. The number of aliphatic hydroxyl groups excluding tert-OH is 1. The van der Waals surface area contributed by atoms with Gasteiger partial charge in [0, 0.05) is 5.56 Å². The zero-order valence-electron chi connectivity index (χ0n) is 7.95. The molecule has 3 nitrogen and oxygen atoms in total. The molecule has 0 spiro atoms. The van der Waals surface area contributed by atoms with Crippen molar-refractivity contribution in [2.45, 2.75) is 13.0 Å². The number of carbonyl (C=O) groups excluding carboxylic acids is 1. The fraction of sp³-hybridized carbons (Fsp3) is 0.300. The van der Waals surface area contributed by atoms with Gasteiger partial charge in [-0.3, -0.25) is 4.79 Å². The van der Waals surface area contributed by atoms with Gasteiger partial charge in [0.25, 0.3) is 0 Å². The number of ketones is 1. The van der Waals surface area contributed by atoms with E-state index < -0.39 is 6.10 Å². The van der Waals surface area contributed by atoms with Crippen LogP contribution in [-0.2, 0) is 0 Å². The number of carbonyl (C=O) groups is 1. The van der Waals surface area contributed by atoms with Crippen LogP contribution >= 0.6 is 11.6 Å². The molecular weight excluding hydrogens is 204 g/mol. The highest BCUT2D eigenvalue weighted by atomic mass is 35.5. The Balaban J connectivity index is 3.03. The molecule has 0 saturated carbocycles. The molecule has 0 radical (unpaired) electrons. The lowest BCUT2D eigenvalue weighted by molar-refractivity contribution is 0.0779. The molecule has 1 rings (SSSR count). The third-order valence-electron chi connectivity index (χ3n) is 1.82. The Kier molecular flexibility index (Phi) is 3.49. The van der Waals surface area contributed by atoms with E-state index in [9.17, 15) is 4.79 Å². The minimum atomic E-state index is -1.01.